The maximum absolute atomic E-state index is 11.0. The van der Waals surface area contributed by atoms with Crippen LogP contribution in [0.1, 0.15) is 26.7 Å². The summed E-state index contributed by atoms with van der Waals surface area (Å²) < 4.78 is 0.416. The molecule has 2 nitrogen and oxygen atoms in total. The van der Waals surface area contributed by atoms with Crippen molar-refractivity contribution in [3.05, 3.63) is 0 Å². The van der Waals surface area contributed by atoms with Gasteiger partial charge in [0.25, 0.3) is 3.85 Å². The maximum Gasteiger partial charge on any atom is 0.285 e. The van der Waals surface area contributed by atoms with Crippen molar-refractivity contribution < 1.29 is 4.79 Å². The van der Waals surface area contributed by atoms with Crippen LogP contribution in [0.4, 0.5) is 0 Å². The summed E-state index contributed by atoms with van der Waals surface area (Å²) >= 11 is 4.12. The third kappa shape index (κ3) is 4.81. The van der Waals surface area contributed by atoms with Crippen LogP contribution in [-0.4, -0.2) is 23.6 Å². The first-order valence-electron chi connectivity index (χ1n) is 4.95. The Bertz CT molecular complexity index is 271. The van der Waals surface area contributed by atoms with Gasteiger partial charge in [-0.05, 0) is 31.8 Å². The summed E-state index contributed by atoms with van der Waals surface area (Å²) in [5.41, 5.74) is -0.224. The molecule has 0 saturated carbocycles. The molecule has 2 atom stereocenters. The molecule has 0 radical (unpaired) electrons. The molecule has 82 valence electrons. The summed E-state index contributed by atoms with van der Waals surface area (Å²) in [6.07, 6.45) is 3.22. The zero-order valence-electron chi connectivity index (χ0n) is 9.71. The third-order valence-electron chi connectivity index (χ3n) is 2.88. The van der Waals surface area contributed by atoms with E-state index in [-0.39, 0.29) is 16.9 Å². The lowest BCUT2D eigenvalue weighted by molar-refractivity contribution is -0.112. The van der Waals surface area contributed by atoms with E-state index in [1.165, 1.54) is 0 Å². The van der Waals surface area contributed by atoms with Crippen LogP contribution in [0.5, 0.6) is 0 Å². The first kappa shape index (κ1) is 15.4. The molecule has 0 aromatic rings. The number of nitriles is 1. The SMILES string of the molecule is BC(=O)CCC(C)(C#N)C(C)B(I)SC. The second-order valence-electron chi connectivity index (χ2n) is 4.11. The molecular weight excluding hydrogens is 319 g/mol. The Morgan fingerprint density at radius 3 is 2.67 bits per heavy atom. The number of rotatable bonds is 6. The van der Waals surface area contributed by atoms with Crippen molar-refractivity contribution >= 4 is 51.4 Å². The quantitative estimate of drug-likeness (QED) is 0.552. The highest BCUT2D eigenvalue weighted by molar-refractivity contribution is 14.1. The summed E-state index contributed by atoms with van der Waals surface area (Å²) in [5, 5.41) is 9.24. The van der Waals surface area contributed by atoms with Gasteiger partial charge >= 0.3 is 0 Å². The minimum absolute atomic E-state index is 0.165. The predicted octanol–water partition coefficient (Wildman–Crippen LogP) is 2.13. The van der Waals surface area contributed by atoms with Crippen LogP contribution in [0.15, 0.2) is 0 Å². The minimum atomic E-state index is -0.388. The second kappa shape index (κ2) is 6.85. The van der Waals surface area contributed by atoms with E-state index in [0.29, 0.717) is 16.7 Å². The van der Waals surface area contributed by atoms with Gasteiger partial charge in [0.05, 0.1) is 17.2 Å². The number of hydrogen-bond donors (Lipinski definition) is 0. The van der Waals surface area contributed by atoms with E-state index in [0.717, 1.165) is 0 Å². The number of halogens is 1. The van der Waals surface area contributed by atoms with Crippen LogP contribution in [0.3, 0.4) is 0 Å². The van der Waals surface area contributed by atoms with Gasteiger partial charge in [-0.2, -0.15) is 16.9 Å². The Balaban J connectivity index is 4.55. The van der Waals surface area contributed by atoms with Crippen LogP contribution in [0.2, 0.25) is 5.82 Å². The normalized spacial score (nSPS) is 16.2. The van der Waals surface area contributed by atoms with Crippen molar-refractivity contribution in [3.8, 4) is 6.07 Å². The van der Waals surface area contributed by atoms with E-state index >= 15 is 0 Å². The lowest BCUT2D eigenvalue weighted by Gasteiger charge is -2.30. The van der Waals surface area contributed by atoms with E-state index < -0.39 is 0 Å². The molecule has 6 heteroatoms. The lowest BCUT2D eigenvalue weighted by atomic mass is 9.64. The van der Waals surface area contributed by atoms with Gasteiger partial charge in [0.15, 0.2) is 7.85 Å². The summed E-state index contributed by atoms with van der Waals surface area (Å²) in [6, 6.07) is 2.38. The van der Waals surface area contributed by atoms with Crippen molar-refractivity contribution in [1.29, 1.82) is 5.26 Å². The van der Waals surface area contributed by atoms with Crippen molar-refractivity contribution in [2.45, 2.75) is 32.5 Å². The van der Waals surface area contributed by atoms with Crippen LogP contribution in [0, 0.1) is 16.7 Å². The fraction of sp³-hybridized carbons (Fsp3) is 0.778. The molecule has 0 aromatic heterocycles. The molecule has 0 aromatic carbocycles. The Morgan fingerprint density at radius 1 is 1.80 bits per heavy atom. The average Bonchev–Trinajstić information content (AvgIpc) is 2.23. The summed E-state index contributed by atoms with van der Waals surface area (Å²) in [4.78, 5) is 11.0. The molecule has 2 unspecified atom stereocenters. The first-order valence-corrected chi connectivity index (χ1v) is 7.48. The van der Waals surface area contributed by atoms with E-state index in [1.807, 2.05) is 6.92 Å². The van der Waals surface area contributed by atoms with Gasteiger partial charge in [0.1, 0.15) is 0 Å². The van der Waals surface area contributed by atoms with Crippen LogP contribution >= 0.6 is 34.0 Å². The Kier molecular flexibility index (Phi) is 7.02. The van der Waals surface area contributed by atoms with E-state index in [4.69, 9.17) is 0 Å². The molecule has 15 heavy (non-hydrogen) atoms. The van der Waals surface area contributed by atoms with Crippen molar-refractivity contribution in [2.24, 2.45) is 5.41 Å². The Morgan fingerprint density at radius 2 is 2.33 bits per heavy atom. The van der Waals surface area contributed by atoms with Crippen LogP contribution < -0.4 is 0 Å². The fourth-order valence-corrected chi connectivity index (χ4v) is 2.82. The van der Waals surface area contributed by atoms with Crippen molar-refractivity contribution in [2.75, 3.05) is 6.26 Å². The van der Waals surface area contributed by atoms with Gasteiger partial charge < -0.3 is 4.79 Å². The molecular formula is C9H16B2INOS. The van der Waals surface area contributed by atoms with Crippen LogP contribution in [-0.2, 0) is 4.79 Å². The third-order valence-corrected chi connectivity index (χ3v) is 6.34. The molecule has 0 aliphatic heterocycles. The minimum Gasteiger partial charge on any atom is -0.312 e. The van der Waals surface area contributed by atoms with Crippen molar-refractivity contribution in [3.63, 3.8) is 0 Å². The largest absolute Gasteiger partial charge is 0.312 e. The molecule has 0 saturated heterocycles. The molecule has 0 rings (SSSR count). The summed E-state index contributed by atoms with van der Waals surface area (Å²) in [5.74, 6) is 0.289. The number of nitrogens with zero attached hydrogens (tertiary/aromatic N) is 1. The van der Waals surface area contributed by atoms with Gasteiger partial charge in [-0.1, -0.05) is 6.92 Å². The smallest absolute Gasteiger partial charge is 0.285 e. The number of hydrogen-bond acceptors (Lipinski definition) is 3. The molecule has 0 amide bonds. The van der Waals surface area contributed by atoms with E-state index in [1.54, 1.807) is 19.5 Å². The summed E-state index contributed by atoms with van der Waals surface area (Å²) in [6.45, 7) is 4.06. The first-order chi connectivity index (χ1) is 6.87. The average molecular weight is 335 g/mol. The van der Waals surface area contributed by atoms with Gasteiger partial charge in [0, 0.05) is 0 Å². The predicted molar refractivity (Wildman–Crippen MR) is 79.2 cm³/mol. The Hall–Kier alpha value is 0.370. The monoisotopic (exact) mass is 335 g/mol. The van der Waals surface area contributed by atoms with Crippen LogP contribution in [0.25, 0.3) is 0 Å². The van der Waals surface area contributed by atoms with Gasteiger partial charge in [-0.3, -0.25) is 0 Å². The molecule has 0 aliphatic carbocycles. The highest BCUT2D eigenvalue weighted by Crippen LogP contribution is 2.42. The Labute approximate surface area is 111 Å². The van der Waals surface area contributed by atoms with Gasteiger partial charge in [0.2, 0.25) is 0 Å². The van der Waals surface area contributed by atoms with E-state index in [9.17, 15) is 10.1 Å². The molecule has 0 fully saturated rings. The maximum atomic E-state index is 11.0. The molecule has 0 spiro atoms. The fourth-order valence-electron chi connectivity index (χ4n) is 1.31. The standard InChI is InChI=1S/C9H16B2INOS/c1-7(11(12)15-3)9(2,6-13)5-4-8(10)14/h7H,4-5,10H2,1-3H3. The molecule has 0 bridgehead atoms. The second-order valence-corrected chi connectivity index (χ2v) is 7.27. The van der Waals surface area contributed by atoms with Crippen molar-refractivity contribution in [1.82, 2.24) is 0 Å². The molecule has 0 heterocycles. The van der Waals surface area contributed by atoms with E-state index in [2.05, 4.69) is 41.6 Å². The lowest BCUT2D eigenvalue weighted by Crippen LogP contribution is -2.27. The van der Waals surface area contributed by atoms with Gasteiger partial charge in [-0.15, -0.1) is 22.4 Å². The summed E-state index contributed by atoms with van der Waals surface area (Å²) in [7, 11) is 1.58. The zero-order valence-corrected chi connectivity index (χ0v) is 12.7. The zero-order chi connectivity index (χ0) is 12.1. The molecule has 0 N–H and O–H groups in total. The number of carbonyl (C=O) groups is 1. The molecule has 0 aliphatic rings. The topological polar surface area (TPSA) is 40.9 Å². The van der Waals surface area contributed by atoms with Gasteiger partial charge in [-0.25, -0.2) is 0 Å². The highest BCUT2D eigenvalue weighted by atomic mass is 127. The highest BCUT2D eigenvalue weighted by Gasteiger charge is 2.37. The number of carbonyl (C=O) groups excluding carboxylic acids is 1.